The fraction of sp³-hybridized carbons (Fsp3) is 0.391. The maximum absolute atomic E-state index is 13.3. The third-order valence-electron chi connectivity index (χ3n) is 5.16. The second-order valence-electron chi connectivity index (χ2n) is 7.32. The molecule has 0 saturated carbocycles. The third kappa shape index (κ3) is 6.22. The molecule has 0 bridgehead atoms. The number of hydrogen-bond acceptors (Lipinski definition) is 2. The molecule has 0 aliphatic heterocycles. The van der Waals surface area contributed by atoms with E-state index in [0.29, 0.717) is 22.2 Å². The number of carbonyl (C=O) groups excluding carboxylic acids is 2. The highest BCUT2D eigenvalue weighted by atomic mass is 35.5. The number of nitrogens with one attached hydrogen (secondary N) is 1. The first kappa shape index (κ1) is 23.2. The molecular weight excluding hydrogens is 407 g/mol. The lowest BCUT2D eigenvalue weighted by molar-refractivity contribution is -0.140. The highest BCUT2D eigenvalue weighted by molar-refractivity contribution is 6.36. The fourth-order valence-corrected chi connectivity index (χ4v) is 3.50. The summed E-state index contributed by atoms with van der Waals surface area (Å²) in [7, 11) is 0. The number of aryl methyl sites for hydroxylation is 1. The molecule has 0 spiro atoms. The molecule has 4 nitrogen and oxygen atoms in total. The molecule has 0 heterocycles. The SMILES string of the molecule is CC[C@@H](C)NC(=O)[C@H](C)N(Cc1ccccc1C)C(=O)Cc1c(Cl)cccc1Cl. The van der Waals surface area contributed by atoms with Gasteiger partial charge in [0.2, 0.25) is 11.8 Å². The summed E-state index contributed by atoms with van der Waals surface area (Å²) in [6.45, 7) is 8.03. The molecule has 0 unspecified atom stereocenters. The number of carbonyl (C=O) groups is 2. The number of benzene rings is 2. The normalized spacial score (nSPS) is 12.9. The van der Waals surface area contributed by atoms with Gasteiger partial charge in [0.05, 0.1) is 6.42 Å². The second kappa shape index (κ2) is 10.7. The Bertz CT molecular complexity index is 849. The van der Waals surface area contributed by atoms with Crippen LogP contribution in [0.4, 0.5) is 0 Å². The lowest BCUT2D eigenvalue weighted by Crippen LogP contribution is -2.50. The van der Waals surface area contributed by atoms with E-state index in [1.165, 1.54) is 0 Å². The van der Waals surface area contributed by atoms with E-state index in [1.54, 1.807) is 30.0 Å². The Morgan fingerprint density at radius 2 is 1.66 bits per heavy atom. The van der Waals surface area contributed by atoms with E-state index in [1.807, 2.05) is 45.0 Å². The van der Waals surface area contributed by atoms with Gasteiger partial charge in [-0.25, -0.2) is 0 Å². The van der Waals surface area contributed by atoms with Gasteiger partial charge in [0.1, 0.15) is 6.04 Å². The zero-order chi connectivity index (χ0) is 21.6. The minimum absolute atomic E-state index is 0.0331. The van der Waals surface area contributed by atoms with Crippen LogP contribution in [0.2, 0.25) is 10.0 Å². The van der Waals surface area contributed by atoms with Gasteiger partial charge in [0, 0.05) is 22.6 Å². The summed E-state index contributed by atoms with van der Waals surface area (Å²) in [5.74, 6) is -0.374. The van der Waals surface area contributed by atoms with Crippen molar-refractivity contribution in [1.82, 2.24) is 10.2 Å². The van der Waals surface area contributed by atoms with E-state index < -0.39 is 6.04 Å². The van der Waals surface area contributed by atoms with Gasteiger partial charge >= 0.3 is 0 Å². The van der Waals surface area contributed by atoms with E-state index in [9.17, 15) is 9.59 Å². The Balaban J connectivity index is 2.31. The van der Waals surface area contributed by atoms with Crippen molar-refractivity contribution >= 4 is 35.0 Å². The molecule has 2 rings (SSSR count). The summed E-state index contributed by atoms with van der Waals surface area (Å²) in [6.07, 6.45) is 0.852. The van der Waals surface area contributed by atoms with Crippen LogP contribution in [0.15, 0.2) is 42.5 Å². The molecule has 2 amide bonds. The Kier molecular flexibility index (Phi) is 8.54. The van der Waals surface area contributed by atoms with Crippen molar-refractivity contribution < 1.29 is 9.59 Å². The summed E-state index contributed by atoms with van der Waals surface area (Å²) in [6, 6.07) is 12.4. The Morgan fingerprint density at radius 3 is 2.24 bits per heavy atom. The van der Waals surface area contributed by atoms with Crippen LogP contribution >= 0.6 is 23.2 Å². The van der Waals surface area contributed by atoms with E-state index in [2.05, 4.69) is 5.32 Å². The summed E-state index contributed by atoms with van der Waals surface area (Å²) in [4.78, 5) is 27.6. The van der Waals surface area contributed by atoms with Crippen molar-refractivity contribution in [3.8, 4) is 0 Å². The predicted molar refractivity (Wildman–Crippen MR) is 119 cm³/mol. The van der Waals surface area contributed by atoms with Crippen LogP contribution in [-0.4, -0.2) is 28.8 Å². The largest absolute Gasteiger partial charge is 0.352 e. The van der Waals surface area contributed by atoms with E-state index >= 15 is 0 Å². The summed E-state index contributed by atoms with van der Waals surface area (Å²) in [5.41, 5.74) is 2.63. The van der Waals surface area contributed by atoms with Crippen LogP contribution in [-0.2, 0) is 22.6 Å². The number of nitrogens with zero attached hydrogens (tertiary/aromatic N) is 1. The van der Waals surface area contributed by atoms with E-state index in [-0.39, 0.29) is 24.3 Å². The molecule has 0 radical (unpaired) electrons. The number of halogens is 2. The molecule has 0 aromatic heterocycles. The standard InChI is InChI=1S/C23H28Cl2N2O2/c1-5-16(3)26-23(29)17(4)27(14-18-10-7-6-9-15(18)2)22(28)13-19-20(24)11-8-12-21(19)25/h6-12,16-17H,5,13-14H2,1-4H3,(H,26,29)/t16-,17+/m1/s1. The topological polar surface area (TPSA) is 49.4 Å². The molecule has 156 valence electrons. The molecule has 29 heavy (non-hydrogen) atoms. The van der Waals surface area contributed by atoms with Gasteiger partial charge in [0.15, 0.2) is 0 Å². The Hall–Kier alpha value is -2.04. The molecule has 2 aromatic carbocycles. The van der Waals surface area contributed by atoms with Crippen LogP contribution in [0.5, 0.6) is 0 Å². The molecule has 2 atom stereocenters. The molecule has 2 aromatic rings. The van der Waals surface area contributed by atoms with Gasteiger partial charge in [-0.2, -0.15) is 0 Å². The van der Waals surface area contributed by atoms with Crippen molar-refractivity contribution in [2.45, 2.75) is 59.2 Å². The maximum Gasteiger partial charge on any atom is 0.242 e. The van der Waals surface area contributed by atoms with Crippen LogP contribution in [0.1, 0.15) is 43.9 Å². The summed E-state index contributed by atoms with van der Waals surface area (Å²) < 4.78 is 0. The summed E-state index contributed by atoms with van der Waals surface area (Å²) in [5, 5.41) is 3.85. The van der Waals surface area contributed by atoms with Crippen LogP contribution in [0, 0.1) is 6.92 Å². The predicted octanol–water partition coefficient (Wildman–Crippen LogP) is 5.18. The molecule has 1 N–H and O–H groups in total. The van der Waals surface area contributed by atoms with Gasteiger partial charge in [-0.1, -0.05) is 60.5 Å². The van der Waals surface area contributed by atoms with Crippen molar-refractivity contribution in [1.29, 1.82) is 0 Å². The Labute approximate surface area is 183 Å². The lowest BCUT2D eigenvalue weighted by Gasteiger charge is -2.30. The zero-order valence-corrected chi connectivity index (χ0v) is 18.8. The van der Waals surface area contributed by atoms with E-state index in [4.69, 9.17) is 23.2 Å². The average molecular weight is 435 g/mol. The third-order valence-corrected chi connectivity index (χ3v) is 5.87. The molecule has 0 fully saturated rings. The first-order chi connectivity index (χ1) is 13.7. The highest BCUT2D eigenvalue weighted by Gasteiger charge is 2.28. The van der Waals surface area contributed by atoms with E-state index in [0.717, 1.165) is 17.5 Å². The maximum atomic E-state index is 13.3. The number of amides is 2. The molecule has 0 saturated heterocycles. The molecule has 0 aliphatic carbocycles. The first-order valence-electron chi connectivity index (χ1n) is 9.81. The lowest BCUT2D eigenvalue weighted by atomic mass is 10.1. The van der Waals surface area contributed by atoms with Gasteiger partial charge in [-0.05, 0) is 56.0 Å². The minimum atomic E-state index is -0.627. The van der Waals surface area contributed by atoms with Crippen molar-refractivity contribution in [3.05, 3.63) is 69.2 Å². The van der Waals surface area contributed by atoms with Crippen molar-refractivity contribution in [2.24, 2.45) is 0 Å². The molecular formula is C23H28Cl2N2O2. The van der Waals surface area contributed by atoms with Crippen LogP contribution < -0.4 is 5.32 Å². The van der Waals surface area contributed by atoms with Gasteiger partial charge in [-0.3, -0.25) is 9.59 Å². The highest BCUT2D eigenvalue weighted by Crippen LogP contribution is 2.26. The van der Waals surface area contributed by atoms with Crippen LogP contribution in [0.25, 0.3) is 0 Å². The first-order valence-corrected chi connectivity index (χ1v) is 10.6. The van der Waals surface area contributed by atoms with Gasteiger partial charge < -0.3 is 10.2 Å². The Morgan fingerprint density at radius 1 is 1.03 bits per heavy atom. The fourth-order valence-electron chi connectivity index (χ4n) is 2.97. The molecule has 6 heteroatoms. The van der Waals surface area contributed by atoms with Crippen molar-refractivity contribution in [3.63, 3.8) is 0 Å². The minimum Gasteiger partial charge on any atom is -0.352 e. The van der Waals surface area contributed by atoms with Gasteiger partial charge in [-0.15, -0.1) is 0 Å². The monoisotopic (exact) mass is 434 g/mol. The smallest absolute Gasteiger partial charge is 0.242 e. The van der Waals surface area contributed by atoms with Crippen molar-refractivity contribution in [2.75, 3.05) is 0 Å². The average Bonchev–Trinajstić information content (AvgIpc) is 2.69. The number of hydrogen-bond donors (Lipinski definition) is 1. The quantitative estimate of drug-likeness (QED) is 0.622. The summed E-state index contributed by atoms with van der Waals surface area (Å²) >= 11 is 12.5. The zero-order valence-electron chi connectivity index (χ0n) is 17.3. The van der Waals surface area contributed by atoms with Gasteiger partial charge in [0.25, 0.3) is 0 Å². The number of rotatable bonds is 8. The second-order valence-corrected chi connectivity index (χ2v) is 8.13. The van der Waals surface area contributed by atoms with Crippen LogP contribution in [0.3, 0.4) is 0 Å². The molecule has 0 aliphatic rings.